The topological polar surface area (TPSA) is 79.9 Å². The van der Waals surface area contributed by atoms with Crippen LogP contribution in [-0.4, -0.2) is 43.1 Å². The summed E-state index contributed by atoms with van der Waals surface area (Å²) in [6.07, 6.45) is 4.67. The average Bonchev–Trinajstić information content (AvgIpc) is 3.28. The lowest BCUT2D eigenvalue weighted by atomic mass is 9.88. The summed E-state index contributed by atoms with van der Waals surface area (Å²) in [5.74, 6) is 1.39. The molecule has 1 atom stereocenters. The minimum Gasteiger partial charge on any atom is -0.454 e. The number of hydrogen-bond acceptors (Lipinski definition) is 5. The molecule has 2 heterocycles. The highest BCUT2D eigenvalue weighted by atomic mass is 16.7. The molecule has 1 aliphatic carbocycles. The molecule has 2 amide bonds. The van der Waals surface area contributed by atoms with Gasteiger partial charge in [0.2, 0.25) is 18.6 Å². The number of nitrogens with zero attached hydrogens (tertiary/aromatic N) is 1. The summed E-state index contributed by atoms with van der Waals surface area (Å²) < 4.78 is 10.7. The van der Waals surface area contributed by atoms with Crippen molar-refractivity contribution in [2.75, 3.05) is 31.7 Å². The number of fused-ring (bicyclic) bond motifs is 2. The van der Waals surface area contributed by atoms with E-state index in [0.29, 0.717) is 23.7 Å². The van der Waals surface area contributed by atoms with Crippen LogP contribution in [0.2, 0.25) is 0 Å². The molecular weight excluding hydrogens is 406 g/mol. The third-order valence-corrected chi connectivity index (χ3v) is 6.67. The van der Waals surface area contributed by atoms with E-state index in [9.17, 15) is 9.59 Å². The van der Waals surface area contributed by atoms with Crippen molar-refractivity contribution in [3.8, 4) is 11.5 Å². The summed E-state index contributed by atoms with van der Waals surface area (Å²) in [7, 11) is 0. The number of likely N-dealkylation sites (tertiary alicyclic amines) is 1. The molecule has 7 heteroatoms. The Kier molecular flexibility index (Phi) is 5.99. The molecule has 0 aromatic heterocycles. The molecule has 2 aliphatic heterocycles. The predicted molar refractivity (Wildman–Crippen MR) is 121 cm³/mol. The summed E-state index contributed by atoms with van der Waals surface area (Å²) in [6.45, 7) is 2.09. The van der Waals surface area contributed by atoms with Gasteiger partial charge in [-0.15, -0.1) is 0 Å². The number of nitrogens with one attached hydrogen (secondary N) is 2. The second-order valence-electron chi connectivity index (χ2n) is 8.82. The fourth-order valence-corrected chi connectivity index (χ4v) is 4.92. The van der Waals surface area contributed by atoms with Gasteiger partial charge in [0.15, 0.2) is 11.5 Å². The monoisotopic (exact) mass is 435 g/mol. The van der Waals surface area contributed by atoms with E-state index in [0.717, 1.165) is 45.2 Å². The van der Waals surface area contributed by atoms with Crippen molar-refractivity contribution >= 4 is 17.5 Å². The van der Waals surface area contributed by atoms with Crippen LogP contribution < -0.4 is 20.1 Å². The van der Waals surface area contributed by atoms with Gasteiger partial charge in [0.25, 0.3) is 0 Å². The van der Waals surface area contributed by atoms with Gasteiger partial charge in [-0.05, 0) is 68.5 Å². The molecule has 32 heavy (non-hydrogen) atoms. The zero-order valence-corrected chi connectivity index (χ0v) is 18.1. The number of amides is 2. The van der Waals surface area contributed by atoms with Crippen LogP contribution in [0.25, 0.3) is 0 Å². The maximum Gasteiger partial charge on any atom is 0.234 e. The highest BCUT2D eigenvalue weighted by Gasteiger charge is 2.27. The van der Waals surface area contributed by atoms with Crippen LogP contribution in [0.4, 0.5) is 5.69 Å². The Morgan fingerprint density at radius 2 is 1.81 bits per heavy atom. The second-order valence-corrected chi connectivity index (χ2v) is 8.82. The van der Waals surface area contributed by atoms with Crippen LogP contribution in [0.15, 0.2) is 42.5 Å². The number of rotatable bonds is 5. The van der Waals surface area contributed by atoms with Crippen molar-refractivity contribution < 1.29 is 19.1 Å². The lowest BCUT2D eigenvalue weighted by molar-refractivity contribution is -0.124. The summed E-state index contributed by atoms with van der Waals surface area (Å²) in [5.41, 5.74) is 3.32. The van der Waals surface area contributed by atoms with Crippen LogP contribution >= 0.6 is 0 Å². The minimum atomic E-state index is -0.0510. The lowest BCUT2D eigenvalue weighted by Crippen LogP contribution is -2.44. The molecule has 168 valence electrons. The summed E-state index contributed by atoms with van der Waals surface area (Å²) in [4.78, 5) is 27.5. The number of carbonyl (C=O) groups is 2. The van der Waals surface area contributed by atoms with Crippen molar-refractivity contribution in [1.29, 1.82) is 0 Å². The van der Waals surface area contributed by atoms with Crippen molar-refractivity contribution in [2.24, 2.45) is 5.92 Å². The standard InChI is InChI=1S/C25H29N3O4/c29-24(27-21-7-3-5-17-4-1-2-6-20(17)21)15-28-12-10-18(11-13-28)25(30)26-19-8-9-22-23(14-19)32-16-31-22/h1-2,4,6,8-9,14,18,21H,3,5,7,10-13,15-16H2,(H,26,30)(H,27,29)/t21-/m1/s1. The first-order chi connectivity index (χ1) is 15.7. The number of benzene rings is 2. The maximum absolute atomic E-state index is 12.7. The zero-order valence-electron chi connectivity index (χ0n) is 18.1. The number of ether oxygens (including phenoxy) is 2. The molecule has 0 spiro atoms. The van der Waals surface area contributed by atoms with E-state index in [1.54, 1.807) is 6.07 Å². The third-order valence-electron chi connectivity index (χ3n) is 6.67. The normalized spacial score (nSPS) is 20.4. The molecule has 5 rings (SSSR count). The quantitative estimate of drug-likeness (QED) is 0.754. The Hall–Kier alpha value is -3.06. The van der Waals surface area contributed by atoms with E-state index in [1.807, 2.05) is 18.2 Å². The molecule has 3 aliphatic rings. The summed E-state index contributed by atoms with van der Waals surface area (Å²) in [5, 5.41) is 6.22. The van der Waals surface area contributed by atoms with Crippen LogP contribution in [0.1, 0.15) is 42.9 Å². The molecule has 2 aromatic carbocycles. The summed E-state index contributed by atoms with van der Waals surface area (Å²) >= 11 is 0. The Labute approximate surface area is 188 Å². The number of anilines is 1. The van der Waals surface area contributed by atoms with Gasteiger partial charge in [-0.25, -0.2) is 0 Å². The largest absolute Gasteiger partial charge is 0.454 e. The van der Waals surface area contributed by atoms with Crippen molar-refractivity contribution in [3.05, 3.63) is 53.6 Å². The van der Waals surface area contributed by atoms with Gasteiger partial charge in [-0.1, -0.05) is 24.3 Å². The first-order valence-corrected chi connectivity index (χ1v) is 11.5. The molecule has 0 saturated carbocycles. The molecule has 7 nitrogen and oxygen atoms in total. The van der Waals surface area contributed by atoms with Crippen molar-refractivity contribution in [3.63, 3.8) is 0 Å². The zero-order chi connectivity index (χ0) is 21.9. The Morgan fingerprint density at radius 1 is 1.00 bits per heavy atom. The number of carbonyl (C=O) groups excluding carboxylic acids is 2. The Balaban J connectivity index is 1.09. The number of piperidine rings is 1. The number of hydrogen-bond donors (Lipinski definition) is 2. The van der Waals surface area contributed by atoms with Gasteiger partial charge in [0.05, 0.1) is 12.6 Å². The smallest absolute Gasteiger partial charge is 0.234 e. The Morgan fingerprint density at radius 3 is 2.69 bits per heavy atom. The lowest BCUT2D eigenvalue weighted by Gasteiger charge is -2.32. The highest BCUT2D eigenvalue weighted by Crippen LogP contribution is 2.34. The van der Waals surface area contributed by atoms with E-state index in [1.165, 1.54) is 11.1 Å². The molecule has 0 radical (unpaired) electrons. The van der Waals surface area contributed by atoms with Gasteiger partial charge < -0.3 is 20.1 Å². The van der Waals surface area contributed by atoms with E-state index in [-0.39, 0.29) is 30.6 Å². The average molecular weight is 436 g/mol. The first-order valence-electron chi connectivity index (χ1n) is 11.5. The van der Waals surface area contributed by atoms with E-state index < -0.39 is 0 Å². The molecular formula is C25H29N3O4. The van der Waals surface area contributed by atoms with Crippen molar-refractivity contribution in [1.82, 2.24) is 10.2 Å². The van der Waals surface area contributed by atoms with Crippen LogP contribution in [0.5, 0.6) is 11.5 Å². The second kappa shape index (κ2) is 9.20. The van der Waals surface area contributed by atoms with Gasteiger partial charge in [-0.3, -0.25) is 14.5 Å². The fraction of sp³-hybridized carbons (Fsp3) is 0.440. The first kappa shape index (κ1) is 20.8. The van der Waals surface area contributed by atoms with Gasteiger partial charge in [0, 0.05) is 17.7 Å². The molecule has 1 saturated heterocycles. The van der Waals surface area contributed by atoms with Crippen molar-refractivity contribution in [2.45, 2.75) is 38.1 Å². The minimum absolute atomic E-state index is 0.0202. The van der Waals surface area contributed by atoms with Gasteiger partial charge in [0.1, 0.15) is 0 Å². The van der Waals surface area contributed by atoms with Crippen LogP contribution in [0, 0.1) is 5.92 Å². The van der Waals surface area contributed by atoms with Crippen LogP contribution in [-0.2, 0) is 16.0 Å². The van der Waals surface area contributed by atoms with E-state index >= 15 is 0 Å². The molecule has 1 fully saturated rings. The fourth-order valence-electron chi connectivity index (χ4n) is 4.92. The van der Waals surface area contributed by atoms with Crippen LogP contribution in [0.3, 0.4) is 0 Å². The molecule has 2 aromatic rings. The highest BCUT2D eigenvalue weighted by molar-refractivity contribution is 5.93. The molecule has 0 bridgehead atoms. The molecule has 0 unspecified atom stereocenters. The summed E-state index contributed by atoms with van der Waals surface area (Å²) in [6, 6.07) is 13.9. The number of aryl methyl sites for hydroxylation is 1. The SMILES string of the molecule is O=C(CN1CCC(C(=O)Nc2ccc3c(c2)OCO3)CC1)N[C@@H]1CCCc2ccccc21. The Bertz CT molecular complexity index is 1000. The molecule has 2 N–H and O–H groups in total. The maximum atomic E-state index is 12.7. The predicted octanol–water partition coefficient (Wildman–Crippen LogP) is 3.26. The van der Waals surface area contributed by atoms with E-state index in [4.69, 9.17) is 9.47 Å². The van der Waals surface area contributed by atoms with Gasteiger partial charge >= 0.3 is 0 Å². The van der Waals surface area contributed by atoms with Gasteiger partial charge in [-0.2, -0.15) is 0 Å². The van der Waals surface area contributed by atoms with E-state index in [2.05, 4.69) is 33.7 Å². The third kappa shape index (κ3) is 4.58.